The smallest absolute Gasteiger partial charge is 0.223 e. The lowest BCUT2D eigenvalue weighted by Crippen LogP contribution is -2.38. The Kier molecular flexibility index (Phi) is 4.57. The van der Waals surface area contributed by atoms with Crippen LogP contribution in [0.5, 0.6) is 0 Å². The van der Waals surface area contributed by atoms with Crippen molar-refractivity contribution in [2.75, 3.05) is 18.0 Å². The van der Waals surface area contributed by atoms with Gasteiger partial charge in [0.25, 0.3) is 0 Å². The van der Waals surface area contributed by atoms with Crippen LogP contribution in [0.15, 0.2) is 48.8 Å². The summed E-state index contributed by atoms with van der Waals surface area (Å²) in [6.45, 7) is 1.60. The van der Waals surface area contributed by atoms with Gasteiger partial charge in [0.1, 0.15) is 6.07 Å². The Morgan fingerprint density at radius 2 is 2.15 bits per heavy atom. The number of benzene rings is 1. The molecule has 132 valence electrons. The quantitative estimate of drug-likeness (QED) is 0.903. The van der Waals surface area contributed by atoms with E-state index in [1.54, 1.807) is 12.4 Å². The number of rotatable bonds is 5. The normalized spacial score (nSPS) is 24.1. The molecule has 1 aromatic carbocycles. The van der Waals surface area contributed by atoms with Crippen LogP contribution in [0, 0.1) is 23.2 Å². The maximum atomic E-state index is 12.5. The van der Waals surface area contributed by atoms with Crippen molar-refractivity contribution in [2.24, 2.45) is 11.8 Å². The Morgan fingerprint density at radius 3 is 2.96 bits per heavy atom. The van der Waals surface area contributed by atoms with E-state index in [0.29, 0.717) is 11.5 Å². The Hall–Kier alpha value is -2.87. The number of nitriles is 1. The van der Waals surface area contributed by atoms with Crippen LogP contribution in [0.3, 0.4) is 0 Å². The first-order valence-electron chi connectivity index (χ1n) is 9.18. The van der Waals surface area contributed by atoms with Gasteiger partial charge in [-0.2, -0.15) is 5.26 Å². The molecule has 2 aromatic rings. The molecular weight excluding hydrogens is 324 g/mol. The molecule has 0 radical (unpaired) electrons. The van der Waals surface area contributed by atoms with Crippen molar-refractivity contribution in [1.29, 1.82) is 5.26 Å². The minimum atomic E-state index is 0.153. The third kappa shape index (κ3) is 3.55. The van der Waals surface area contributed by atoms with Gasteiger partial charge in [-0.1, -0.05) is 30.3 Å². The predicted molar refractivity (Wildman–Crippen MR) is 99.5 cm³/mol. The molecule has 2 fully saturated rings. The fourth-order valence-electron chi connectivity index (χ4n) is 3.87. The number of nitrogens with one attached hydrogen (secondary N) is 1. The van der Waals surface area contributed by atoms with Crippen LogP contribution in [-0.2, 0) is 11.2 Å². The molecule has 1 aliphatic carbocycles. The standard InChI is InChI=1S/C21H22N4O/c22-12-17-13-23-8-6-20(17)25-9-7-18(14-25)24-21(26)19-11-16(19)10-15-4-2-1-3-5-15/h1-6,8,13,16,18-19H,7,9-11,14H2,(H,24,26)/t16?,18-,19?/m0/s1. The van der Waals surface area contributed by atoms with Gasteiger partial charge in [-0.3, -0.25) is 9.78 Å². The van der Waals surface area contributed by atoms with Crippen molar-refractivity contribution >= 4 is 11.6 Å². The van der Waals surface area contributed by atoms with Crippen molar-refractivity contribution in [1.82, 2.24) is 10.3 Å². The van der Waals surface area contributed by atoms with Crippen LogP contribution in [0.25, 0.3) is 0 Å². The highest BCUT2D eigenvalue weighted by Gasteiger charge is 2.43. The number of aromatic nitrogens is 1. The molecule has 3 atom stereocenters. The molecule has 4 rings (SSSR count). The number of hydrogen-bond donors (Lipinski definition) is 1. The first-order valence-corrected chi connectivity index (χ1v) is 9.18. The summed E-state index contributed by atoms with van der Waals surface area (Å²) in [5, 5.41) is 12.4. The zero-order valence-corrected chi connectivity index (χ0v) is 14.6. The molecule has 0 bridgehead atoms. The molecule has 2 heterocycles. The highest BCUT2D eigenvalue weighted by molar-refractivity contribution is 5.82. The topological polar surface area (TPSA) is 69.0 Å². The minimum absolute atomic E-state index is 0.153. The van der Waals surface area contributed by atoms with E-state index in [1.165, 1.54) is 5.56 Å². The molecule has 1 aliphatic heterocycles. The van der Waals surface area contributed by atoms with Gasteiger partial charge in [0.05, 0.1) is 11.3 Å². The zero-order valence-electron chi connectivity index (χ0n) is 14.6. The van der Waals surface area contributed by atoms with Crippen molar-refractivity contribution in [3.8, 4) is 6.07 Å². The van der Waals surface area contributed by atoms with Crippen molar-refractivity contribution in [3.05, 3.63) is 59.9 Å². The number of carbonyl (C=O) groups is 1. The van der Waals surface area contributed by atoms with Crippen LogP contribution >= 0.6 is 0 Å². The van der Waals surface area contributed by atoms with Crippen LogP contribution in [0.1, 0.15) is 24.0 Å². The van der Waals surface area contributed by atoms with Crippen LogP contribution in [0.4, 0.5) is 5.69 Å². The fraction of sp³-hybridized carbons (Fsp3) is 0.381. The highest BCUT2D eigenvalue weighted by Crippen LogP contribution is 2.41. The largest absolute Gasteiger partial charge is 0.368 e. The maximum Gasteiger partial charge on any atom is 0.223 e. The van der Waals surface area contributed by atoms with Gasteiger partial charge in [0.15, 0.2) is 0 Å². The monoisotopic (exact) mass is 346 g/mol. The fourth-order valence-corrected chi connectivity index (χ4v) is 3.87. The van der Waals surface area contributed by atoms with Crippen molar-refractivity contribution in [3.63, 3.8) is 0 Å². The minimum Gasteiger partial charge on any atom is -0.368 e. The summed E-state index contributed by atoms with van der Waals surface area (Å²) >= 11 is 0. The average Bonchev–Trinajstić information content (AvgIpc) is 3.29. The first-order chi connectivity index (χ1) is 12.7. The summed E-state index contributed by atoms with van der Waals surface area (Å²) in [5.41, 5.74) is 2.80. The van der Waals surface area contributed by atoms with Gasteiger partial charge in [0.2, 0.25) is 5.91 Å². The molecule has 26 heavy (non-hydrogen) atoms. The van der Waals surface area contributed by atoms with Crippen molar-refractivity contribution in [2.45, 2.75) is 25.3 Å². The van der Waals surface area contributed by atoms with E-state index < -0.39 is 0 Å². The number of amides is 1. The number of hydrogen-bond acceptors (Lipinski definition) is 4. The Labute approximate surface area is 153 Å². The van der Waals surface area contributed by atoms with Crippen LogP contribution < -0.4 is 10.2 Å². The van der Waals surface area contributed by atoms with E-state index in [2.05, 4.69) is 45.5 Å². The van der Waals surface area contributed by atoms with Gasteiger partial charge in [-0.25, -0.2) is 0 Å². The van der Waals surface area contributed by atoms with Gasteiger partial charge in [-0.15, -0.1) is 0 Å². The second kappa shape index (κ2) is 7.17. The van der Waals surface area contributed by atoms with Gasteiger partial charge >= 0.3 is 0 Å². The number of nitrogens with zero attached hydrogens (tertiary/aromatic N) is 3. The summed E-state index contributed by atoms with van der Waals surface area (Å²) < 4.78 is 0. The van der Waals surface area contributed by atoms with E-state index in [1.807, 2.05) is 12.1 Å². The highest BCUT2D eigenvalue weighted by atomic mass is 16.2. The van der Waals surface area contributed by atoms with E-state index in [9.17, 15) is 10.1 Å². The first kappa shape index (κ1) is 16.6. The molecule has 5 heteroatoms. The maximum absolute atomic E-state index is 12.5. The molecule has 2 unspecified atom stereocenters. The lowest BCUT2D eigenvalue weighted by Gasteiger charge is -2.20. The summed E-state index contributed by atoms with van der Waals surface area (Å²) in [7, 11) is 0. The molecular formula is C21H22N4O. The second-order valence-corrected chi connectivity index (χ2v) is 7.24. The van der Waals surface area contributed by atoms with Crippen LogP contribution in [0.2, 0.25) is 0 Å². The molecule has 0 spiro atoms. The van der Waals surface area contributed by atoms with Gasteiger partial charge < -0.3 is 10.2 Å². The van der Waals surface area contributed by atoms with E-state index in [0.717, 1.165) is 38.0 Å². The SMILES string of the molecule is N#Cc1cnccc1N1CC[C@H](NC(=O)C2CC2Cc2ccccc2)C1. The number of carbonyl (C=O) groups excluding carboxylic acids is 1. The average molecular weight is 346 g/mol. The summed E-state index contributed by atoms with van der Waals surface area (Å²) in [5.74, 6) is 0.813. The third-order valence-electron chi connectivity index (χ3n) is 5.39. The van der Waals surface area contributed by atoms with E-state index in [-0.39, 0.29) is 17.9 Å². The molecule has 1 aromatic heterocycles. The Morgan fingerprint density at radius 1 is 1.31 bits per heavy atom. The molecule has 2 aliphatic rings. The predicted octanol–water partition coefficient (Wildman–Crippen LogP) is 2.53. The Balaban J connectivity index is 1.29. The van der Waals surface area contributed by atoms with Gasteiger partial charge in [-0.05, 0) is 36.8 Å². The number of pyridine rings is 1. The molecule has 1 saturated carbocycles. The van der Waals surface area contributed by atoms with Crippen LogP contribution in [-0.4, -0.2) is 30.0 Å². The number of anilines is 1. The zero-order chi connectivity index (χ0) is 17.9. The lowest BCUT2D eigenvalue weighted by molar-refractivity contribution is -0.123. The second-order valence-electron chi connectivity index (χ2n) is 7.24. The van der Waals surface area contributed by atoms with E-state index in [4.69, 9.17) is 0 Å². The summed E-state index contributed by atoms with van der Waals surface area (Å²) in [6, 6.07) is 14.6. The molecule has 5 nitrogen and oxygen atoms in total. The van der Waals surface area contributed by atoms with E-state index >= 15 is 0 Å². The Bertz CT molecular complexity index is 829. The van der Waals surface area contributed by atoms with Crippen molar-refractivity contribution < 1.29 is 4.79 Å². The van der Waals surface area contributed by atoms with Gasteiger partial charge in [0, 0.05) is 37.4 Å². The molecule has 1 N–H and O–H groups in total. The lowest BCUT2D eigenvalue weighted by atomic mass is 10.1. The third-order valence-corrected chi connectivity index (χ3v) is 5.39. The summed E-state index contributed by atoms with van der Waals surface area (Å²) in [6.07, 6.45) is 6.19. The molecule has 1 saturated heterocycles. The molecule has 1 amide bonds. The summed E-state index contributed by atoms with van der Waals surface area (Å²) in [4.78, 5) is 18.7.